The molecule has 0 fully saturated rings. The van der Waals surface area contributed by atoms with Crippen molar-refractivity contribution in [3.63, 3.8) is 0 Å². The van der Waals surface area contributed by atoms with Crippen molar-refractivity contribution in [1.82, 2.24) is 10.5 Å². The van der Waals surface area contributed by atoms with E-state index in [2.05, 4.69) is 10.5 Å². The van der Waals surface area contributed by atoms with Gasteiger partial charge in [0.05, 0.1) is 12.2 Å². The van der Waals surface area contributed by atoms with Crippen LogP contribution < -0.4 is 5.32 Å². The van der Waals surface area contributed by atoms with Crippen molar-refractivity contribution < 1.29 is 14.4 Å². The lowest BCUT2D eigenvalue weighted by Gasteiger charge is -2.34. The van der Waals surface area contributed by atoms with Crippen molar-refractivity contribution >= 4 is 17.5 Å². The van der Waals surface area contributed by atoms with Crippen molar-refractivity contribution in [2.45, 2.75) is 44.6 Å². The Hall–Kier alpha value is -1.85. The number of hydrogen-bond acceptors (Lipinski definition) is 4. The number of fused-ring (bicyclic) bond motifs is 1. The normalized spacial score (nSPS) is 19.8. The van der Waals surface area contributed by atoms with Crippen molar-refractivity contribution in [2.75, 3.05) is 6.54 Å². The summed E-state index contributed by atoms with van der Waals surface area (Å²) in [4.78, 5) is 12.1. The molecule has 0 saturated carbocycles. The zero-order valence-electron chi connectivity index (χ0n) is 13.6. The lowest BCUT2D eigenvalue weighted by molar-refractivity contribution is -0.122. The number of halogens is 1. The number of amides is 1. The van der Waals surface area contributed by atoms with Gasteiger partial charge in [0.15, 0.2) is 0 Å². The van der Waals surface area contributed by atoms with Crippen LogP contribution in [-0.4, -0.2) is 22.7 Å². The smallest absolute Gasteiger partial charge is 0.229 e. The number of aliphatic hydroxyl groups is 1. The van der Waals surface area contributed by atoms with Gasteiger partial charge in [-0.15, -0.1) is 0 Å². The molecule has 1 aromatic carbocycles. The van der Waals surface area contributed by atoms with E-state index in [9.17, 15) is 9.90 Å². The van der Waals surface area contributed by atoms with E-state index in [1.165, 1.54) is 0 Å². The summed E-state index contributed by atoms with van der Waals surface area (Å²) in [6, 6.07) is 7.89. The molecule has 1 aliphatic rings. The molecular formula is C18H21ClN2O3. The molecule has 0 bridgehead atoms. The van der Waals surface area contributed by atoms with Gasteiger partial charge in [-0.05, 0) is 55.3 Å². The summed E-state index contributed by atoms with van der Waals surface area (Å²) in [5.41, 5.74) is 2.55. The molecule has 1 amide bonds. The molecule has 128 valence electrons. The molecule has 2 aromatic rings. The first-order chi connectivity index (χ1) is 11.5. The highest BCUT2D eigenvalue weighted by Crippen LogP contribution is 2.34. The fraction of sp³-hybridized carbons (Fsp3) is 0.444. The van der Waals surface area contributed by atoms with E-state index < -0.39 is 5.60 Å². The molecule has 24 heavy (non-hydrogen) atoms. The lowest BCUT2D eigenvalue weighted by Crippen LogP contribution is -2.43. The summed E-state index contributed by atoms with van der Waals surface area (Å²) in [5, 5.41) is 17.8. The number of rotatable bonds is 5. The molecule has 1 aromatic heterocycles. The van der Waals surface area contributed by atoms with Crippen molar-refractivity contribution in [1.29, 1.82) is 0 Å². The van der Waals surface area contributed by atoms with Gasteiger partial charge in [-0.1, -0.05) is 29.4 Å². The van der Waals surface area contributed by atoms with Crippen LogP contribution in [0.5, 0.6) is 0 Å². The van der Waals surface area contributed by atoms with Gasteiger partial charge in [-0.3, -0.25) is 4.79 Å². The quantitative estimate of drug-likeness (QED) is 0.871. The Morgan fingerprint density at radius 3 is 3.00 bits per heavy atom. The van der Waals surface area contributed by atoms with Gasteiger partial charge in [0.1, 0.15) is 5.60 Å². The Bertz CT molecular complexity index is 724. The van der Waals surface area contributed by atoms with Crippen LogP contribution in [0.1, 0.15) is 41.6 Å². The highest BCUT2D eigenvalue weighted by molar-refractivity contribution is 6.29. The second-order valence-corrected chi connectivity index (χ2v) is 6.68. The molecule has 2 N–H and O–H groups in total. The minimum Gasteiger partial charge on any atom is -0.383 e. The second kappa shape index (κ2) is 6.95. The minimum atomic E-state index is -0.991. The van der Waals surface area contributed by atoms with Crippen LogP contribution in [0.25, 0.3) is 0 Å². The molecule has 1 aliphatic carbocycles. The molecule has 0 spiro atoms. The molecule has 0 radical (unpaired) electrons. The van der Waals surface area contributed by atoms with E-state index in [-0.39, 0.29) is 24.1 Å². The SMILES string of the molecule is Cc1noc(Cl)c1CCC(=O)NCC1(O)CCCc2ccccc21. The maximum absolute atomic E-state index is 12.1. The molecule has 1 atom stereocenters. The number of hydrogen-bond donors (Lipinski definition) is 2. The zero-order chi connectivity index (χ0) is 17.2. The van der Waals surface area contributed by atoms with Gasteiger partial charge < -0.3 is 14.9 Å². The molecule has 3 rings (SSSR count). The second-order valence-electron chi connectivity index (χ2n) is 6.34. The number of benzene rings is 1. The van der Waals surface area contributed by atoms with Crippen LogP contribution >= 0.6 is 11.6 Å². The Morgan fingerprint density at radius 1 is 1.46 bits per heavy atom. The molecular weight excluding hydrogens is 328 g/mol. The number of carbonyl (C=O) groups excluding carboxylic acids is 1. The van der Waals surface area contributed by atoms with Crippen LogP contribution in [0.3, 0.4) is 0 Å². The monoisotopic (exact) mass is 348 g/mol. The highest BCUT2D eigenvalue weighted by Gasteiger charge is 2.34. The predicted molar refractivity (Wildman–Crippen MR) is 90.9 cm³/mol. The fourth-order valence-corrected chi connectivity index (χ4v) is 3.56. The van der Waals surface area contributed by atoms with E-state index in [4.69, 9.17) is 16.1 Å². The number of nitrogens with one attached hydrogen (secondary N) is 1. The summed E-state index contributed by atoms with van der Waals surface area (Å²) >= 11 is 5.90. The van der Waals surface area contributed by atoms with E-state index in [1.54, 1.807) is 6.92 Å². The molecule has 0 aliphatic heterocycles. The molecule has 0 saturated heterocycles. The van der Waals surface area contributed by atoms with E-state index in [1.807, 2.05) is 24.3 Å². The van der Waals surface area contributed by atoms with Gasteiger partial charge in [0.2, 0.25) is 11.1 Å². The summed E-state index contributed by atoms with van der Waals surface area (Å²) < 4.78 is 4.88. The van der Waals surface area contributed by atoms with Crippen LogP contribution in [0, 0.1) is 6.92 Å². The maximum Gasteiger partial charge on any atom is 0.229 e. The summed E-state index contributed by atoms with van der Waals surface area (Å²) in [5.74, 6) is -0.122. The average molecular weight is 349 g/mol. The van der Waals surface area contributed by atoms with Crippen molar-refractivity contribution in [2.24, 2.45) is 0 Å². The van der Waals surface area contributed by atoms with Crippen LogP contribution in [0.15, 0.2) is 28.8 Å². The van der Waals surface area contributed by atoms with E-state index in [0.29, 0.717) is 18.5 Å². The third kappa shape index (κ3) is 3.47. The molecule has 1 heterocycles. The summed E-state index contributed by atoms with van der Waals surface area (Å²) in [7, 11) is 0. The largest absolute Gasteiger partial charge is 0.383 e. The molecule has 1 unspecified atom stereocenters. The first kappa shape index (κ1) is 17.0. The lowest BCUT2D eigenvalue weighted by atomic mass is 9.79. The van der Waals surface area contributed by atoms with Crippen LogP contribution in [0.2, 0.25) is 5.22 Å². The summed E-state index contributed by atoms with van der Waals surface area (Å²) in [6.07, 6.45) is 3.28. The standard InChI is InChI=1S/C18H21ClN2O3/c1-12-14(17(19)24-21-12)8-9-16(22)20-11-18(23)10-4-6-13-5-2-3-7-15(13)18/h2-3,5,7,23H,4,6,8-11H2,1H3,(H,20,22). The third-order valence-electron chi connectivity index (χ3n) is 4.67. The number of aromatic nitrogens is 1. The highest BCUT2D eigenvalue weighted by atomic mass is 35.5. The van der Waals surface area contributed by atoms with E-state index in [0.717, 1.165) is 29.5 Å². The van der Waals surface area contributed by atoms with Gasteiger partial charge in [0, 0.05) is 12.0 Å². The van der Waals surface area contributed by atoms with Crippen molar-refractivity contribution in [3.8, 4) is 0 Å². The Morgan fingerprint density at radius 2 is 2.25 bits per heavy atom. The van der Waals surface area contributed by atoms with E-state index >= 15 is 0 Å². The van der Waals surface area contributed by atoms with Crippen LogP contribution in [0.4, 0.5) is 0 Å². The molecule has 5 nitrogen and oxygen atoms in total. The average Bonchev–Trinajstić information content (AvgIpc) is 2.90. The first-order valence-electron chi connectivity index (χ1n) is 8.18. The molecule has 6 heteroatoms. The topological polar surface area (TPSA) is 75.4 Å². The minimum absolute atomic E-state index is 0.122. The fourth-order valence-electron chi connectivity index (χ4n) is 3.29. The Labute approximate surface area is 146 Å². The summed E-state index contributed by atoms with van der Waals surface area (Å²) in [6.45, 7) is 2.02. The van der Waals surface area contributed by atoms with Gasteiger partial charge >= 0.3 is 0 Å². The van der Waals surface area contributed by atoms with Crippen LogP contribution in [-0.2, 0) is 23.2 Å². The number of aryl methyl sites for hydroxylation is 2. The third-order valence-corrected chi connectivity index (χ3v) is 4.97. The van der Waals surface area contributed by atoms with Gasteiger partial charge in [0.25, 0.3) is 0 Å². The number of carbonyl (C=O) groups is 1. The van der Waals surface area contributed by atoms with Gasteiger partial charge in [-0.2, -0.15) is 0 Å². The predicted octanol–water partition coefficient (Wildman–Crippen LogP) is 2.91. The van der Waals surface area contributed by atoms with Crippen molar-refractivity contribution in [3.05, 3.63) is 51.9 Å². The Balaban J connectivity index is 1.59. The maximum atomic E-state index is 12.1. The zero-order valence-corrected chi connectivity index (χ0v) is 14.4. The first-order valence-corrected chi connectivity index (χ1v) is 8.55. The number of nitrogens with zero attached hydrogens (tertiary/aromatic N) is 1. The Kier molecular flexibility index (Phi) is 4.92. The van der Waals surface area contributed by atoms with Gasteiger partial charge in [-0.25, -0.2) is 0 Å².